The highest BCUT2D eigenvalue weighted by atomic mass is 16.7. The van der Waals surface area contributed by atoms with Crippen LogP contribution in [0.1, 0.15) is 12.0 Å². The number of carbonyl (C=O) groups is 1. The first-order valence-electron chi connectivity index (χ1n) is 8.81. The van der Waals surface area contributed by atoms with E-state index in [1.807, 2.05) is 30.3 Å². The molecule has 1 N–H and O–H groups in total. The lowest BCUT2D eigenvalue weighted by Crippen LogP contribution is -2.54. The SMILES string of the molecule is O=C(OCc1ccccc1)[C@]12O[C@@]3(O)[C@@H]4[C@H]5C[C@H]([C@@H]6[C@H]5[C@H]3[C@@H]61)[C@@H]42. The Morgan fingerprint density at radius 2 is 1.87 bits per heavy atom. The predicted octanol–water partition coefficient (Wildman–Crippen LogP) is 1.58. The van der Waals surface area contributed by atoms with Crippen molar-refractivity contribution < 1.29 is 19.4 Å². The number of ether oxygens (including phenoxy) is 2. The van der Waals surface area contributed by atoms with Crippen LogP contribution in [0.15, 0.2) is 30.3 Å². The maximum absolute atomic E-state index is 13.0. The third-order valence-electron chi connectivity index (χ3n) is 8.31. The van der Waals surface area contributed by atoms with Crippen molar-refractivity contribution >= 4 is 5.97 Å². The summed E-state index contributed by atoms with van der Waals surface area (Å²) in [6, 6.07) is 9.78. The largest absolute Gasteiger partial charge is 0.459 e. The molecule has 23 heavy (non-hydrogen) atoms. The minimum Gasteiger partial charge on any atom is -0.459 e. The van der Waals surface area contributed by atoms with Crippen molar-refractivity contribution in [3.63, 3.8) is 0 Å². The third kappa shape index (κ3) is 0.930. The van der Waals surface area contributed by atoms with Crippen molar-refractivity contribution in [3.05, 3.63) is 35.9 Å². The van der Waals surface area contributed by atoms with Crippen LogP contribution in [0.2, 0.25) is 0 Å². The van der Waals surface area contributed by atoms with E-state index in [1.165, 1.54) is 6.42 Å². The Balaban J connectivity index is 1.26. The van der Waals surface area contributed by atoms with Gasteiger partial charge in [-0.3, -0.25) is 0 Å². The van der Waals surface area contributed by atoms with Crippen LogP contribution in [-0.4, -0.2) is 22.5 Å². The molecule has 118 valence electrons. The fourth-order valence-corrected chi connectivity index (χ4v) is 8.22. The summed E-state index contributed by atoms with van der Waals surface area (Å²) < 4.78 is 11.9. The van der Waals surface area contributed by atoms with Crippen molar-refractivity contribution in [1.82, 2.24) is 0 Å². The Kier molecular flexibility index (Phi) is 1.69. The van der Waals surface area contributed by atoms with Gasteiger partial charge in [-0.2, -0.15) is 0 Å². The molecule has 8 rings (SSSR count). The van der Waals surface area contributed by atoms with E-state index in [0.717, 1.165) is 5.56 Å². The molecule has 5 saturated carbocycles. The molecular formula is C19H18O4. The van der Waals surface area contributed by atoms with Gasteiger partial charge in [0, 0.05) is 23.7 Å². The highest BCUT2D eigenvalue weighted by molar-refractivity contribution is 5.84. The summed E-state index contributed by atoms with van der Waals surface area (Å²) in [5.41, 5.74) is 0.172. The zero-order valence-electron chi connectivity index (χ0n) is 12.6. The Hall–Kier alpha value is -1.39. The zero-order chi connectivity index (χ0) is 15.1. The smallest absolute Gasteiger partial charge is 0.339 e. The molecule has 0 amide bonds. The van der Waals surface area contributed by atoms with Crippen LogP contribution in [0, 0.1) is 47.3 Å². The standard InChI is InChI=1S/C19H18O4/c20-17(22-7-8-4-2-1-3-5-8)18-13-9-6-10-12-11(9)15(18)16(12)19(21,23-18)14(10)13/h1-5,9-16,21H,6-7H2/t9-,10+,11-,12+,13+,14-,15-,16+,18-,19+/m1/s1. The van der Waals surface area contributed by atoms with Crippen LogP contribution in [0.3, 0.4) is 0 Å². The van der Waals surface area contributed by atoms with Crippen LogP contribution < -0.4 is 0 Å². The van der Waals surface area contributed by atoms with E-state index in [2.05, 4.69) is 0 Å². The Labute approximate surface area is 133 Å². The second-order valence-electron chi connectivity index (χ2n) is 8.53. The van der Waals surface area contributed by atoms with E-state index in [4.69, 9.17) is 9.47 Å². The van der Waals surface area contributed by atoms with Gasteiger partial charge in [-0.25, -0.2) is 4.79 Å². The fraction of sp³-hybridized carbons (Fsp3) is 0.632. The Morgan fingerprint density at radius 1 is 1.13 bits per heavy atom. The summed E-state index contributed by atoms with van der Waals surface area (Å²) in [6.07, 6.45) is 1.21. The van der Waals surface area contributed by atoms with Crippen molar-refractivity contribution in [1.29, 1.82) is 0 Å². The topological polar surface area (TPSA) is 55.8 Å². The van der Waals surface area contributed by atoms with Gasteiger partial charge in [0.1, 0.15) is 6.61 Å². The fourth-order valence-electron chi connectivity index (χ4n) is 8.22. The molecule has 10 atom stereocenters. The minimum absolute atomic E-state index is 0.196. The lowest BCUT2D eigenvalue weighted by atomic mass is 9.56. The highest BCUT2D eigenvalue weighted by Crippen LogP contribution is 2.92. The number of benzene rings is 1. The number of rotatable bonds is 3. The minimum atomic E-state index is -1.02. The second kappa shape index (κ2) is 3.22. The zero-order valence-corrected chi connectivity index (χ0v) is 12.6. The van der Waals surface area contributed by atoms with Crippen LogP contribution in [0.5, 0.6) is 0 Å². The van der Waals surface area contributed by atoms with E-state index < -0.39 is 11.4 Å². The number of hydrogen-bond donors (Lipinski definition) is 1. The molecule has 1 aromatic carbocycles. The van der Waals surface area contributed by atoms with Gasteiger partial charge in [-0.1, -0.05) is 30.3 Å². The maximum Gasteiger partial charge on any atom is 0.339 e. The first-order valence-corrected chi connectivity index (χ1v) is 8.81. The van der Waals surface area contributed by atoms with E-state index in [9.17, 15) is 9.90 Å². The molecule has 0 radical (unpaired) electrons. The van der Waals surface area contributed by atoms with Crippen LogP contribution >= 0.6 is 0 Å². The maximum atomic E-state index is 13.0. The summed E-state index contributed by atoms with van der Waals surface area (Å²) >= 11 is 0. The molecular weight excluding hydrogens is 292 g/mol. The van der Waals surface area contributed by atoms with Crippen molar-refractivity contribution in [2.45, 2.75) is 24.4 Å². The molecule has 0 spiro atoms. The Morgan fingerprint density at radius 3 is 2.70 bits per heavy atom. The average Bonchev–Trinajstić information content (AvgIpc) is 3.17. The summed E-state index contributed by atoms with van der Waals surface area (Å²) in [5.74, 6) is 2.05. The molecule has 0 unspecified atom stereocenters. The molecule has 2 saturated heterocycles. The molecule has 7 aliphatic rings. The summed E-state index contributed by atoms with van der Waals surface area (Å²) in [5, 5.41) is 11.1. The van der Waals surface area contributed by atoms with Gasteiger partial charge in [-0.15, -0.1) is 0 Å². The molecule has 0 aromatic heterocycles. The van der Waals surface area contributed by atoms with E-state index in [-0.39, 0.29) is 29.6 Å². The molecule has 5 aliphatic carbocycles. The molecule has 4 nitrogen and oxygen atoms in total. The van der Waals surface area contributed by atoms with E-state index >= 15 is 0 Å². The predicted molar refractivity (Wildman–Crippen MR) is 77.5 cm³/mol. The number of hydrogen-bond acceptors (Lipinski definition) is 4. The van der Waals surface area contributed by atoms with Crippen LogP contribution in [0.25, 0.3) is 0 Å². The molecule has 4 bridgehead atoms. The normalized spacial score (nSPS) is 60.7. The van der Waals surface area contributed by atoms with Gasteiger partial charge in [-0.05, 0) is 35.7 Å². The van der Waals surface area contributed by atoms with Gasteiger partial charge in [0.05, 0.1) is 0 Å². The molecule has 4 heteroatoms. The molecule has 2 aliphatic heterocycles. The van der Waals surface area contributed by atoms with E-state index in [1.54, 1.807) is 0 Å². The first-order chi connectivity index (χ1) is 11.2. The van der Waals surface area contributed by atoms with Gasteiger partial charge in [0.2, 0.25) is 0 Å². The molecule has 1 aromatic rings. The third-order valence-corrected chi connectivity index (χ3v) is 8.31. The lowest BCUT2D eigenvalue weighted by Gasteiger charge is -2.45. The van der Waals surface area contributed by atoms with Crippen LogP contribution in [0.4, 0.5) is 0 Å². The van der Waals surface area contributed by atoms with Crippen molar-refractivity contribution in [2.24, 2.45) is 47.3 Å². The second-order valence-corrected chi connectivity index (χ2v) is 8.53. The first kappa shape index (κ1) is 12.0. The monoisotopic (exact) mass is 310 g/mol. The lowest BCUT2D eigenvalue weighted by molar-refractivity contribution is -0.219. The Bertz CT molecular complexity index is 762. The van der Waals surface area contributed by atoms with E-state index in [0.29, 0.717) is 30.3 Å². The summed E-state index contributed by atoms with van der Waals surface area (Å²) in [6.45, 7) is 0.292. The van der Waals surface area contributed by atoms with Gasteiger partial charge in [0.25, 0.3) is 0 Å². The van der Waals surface area contributed by atoms with Crippen LogP contribution in [-0.2, 0) is 20.9 Å². The van der Waals surface area contributed by atoms with Gasteiger partial charge >= 0.3 is 5.97 Å². The summed E-state index contributed by atoms with van der Waals surface area (Å²) in [4.78, 5) is 13.0. The van der Waals surface area contributed by atoms with Gasteiger partial charge < -0.3 is 14.6 Å². The number of esters is 1. The number of aliphatic hydroxyl groups is 1. The van der Waals surface area contributed by atoms with Crippen molar-refractivity contribution in [2.75, 3.05) is 0 Å². The van der Waals surface area contributed by atoms with Crippen molar-refractivity contribution in [3.8, 4) is 0 Å². The summed E-state index contributed by atoms with van der Waals surface area (Å²) in [7, 11) is 0. The molecule has 7 fully saturated rings. The highest BCUT2D eigenvalue weighted by Gasteiger charge is 2.99. The molecule has 2 heterocycles. The quantitative estimate of drug-likeness (QED) is 0.861. The average molecular weight is 310 g/mol. The number of carbonyl (C=O) groups excluding carboxylic acids is 1. The van der Waals surface area contributed by atoms with Gasteiger partial charge in [0.15, 0.2) is 11.4 Å².